The van der Waals surface area contributed by atoms with E-state index in [4.69, 9.17) is 0 Å². The maximum Gasteiger partial charge on any atom is 0.0561 e. The number of nitrogens with zero attached hydrogens (tertiary/aromatic N) is 2. The van der Waals surface area contributed by atoms with Gasteiger partial charge in [-0.05, 0) is 17.5 Å². The minimum atomic E-state index is 0.631. The second kappa shape index (κ2) is 4.93. The second-order valence-corrected chi connectivity index (χ2v) is 2.39. The Labute approximate surface area is 71.7 Å². The fourth-order valence-electron chi connectivity index (χ4n) is 0.723. The number of aromatic nitrogens is 1. The molecule has 57 valence electrons. The van der Waals surface area contributed by atoms with Gasteiger partial charge in [0.15, 0.2) is 0 Å². The lowest BCUT2D eigenvalue weighted by molar-refractivity contribution is 0.746. The zero-order valence-electron chi connectivity index (χ0n) is 6.10. The number of hydrogen-bond donors (Lipinski definition) is 0. The highest BCUT2D eigenvalue weighted by atomic mass is 32.1. The van der Waals surface area contributed by atoms with Crippen LogP contribution in [0.4, 0.5) is 0 Å². The van der Waals surface area contributed by atoms with E-state index in [-0.39, 0.29) is 0 Å². The molecule has 1 heterocycles. The summed E-state index contributed by atoms with van der Waals surface area (Å²) in [5.41, 5.74) is 0.990. The van der Waals surface area contributed by atoms with Gasteiger partial charge < -0.3 is 0 Å². The second-order valence-electron chi connectivity index (χ2n) is 2.05. The Hall–Kier alpha value is -0.800. The smallest absolute Gasteiger partial charge is 0.0561 e. The van der Waals surface area contributed by atoms with Crippen molar-refractivity contribution in [1.29, 1.82) is 0 Å². The summed E-state index contributed by atoms with van der Waals surface area (Å²) in [6, 6.07) is 5.80. The first-order chi connectivity index (χ1) is 5.43. The molecule has 1 radical (unpaired) electrons. The average molecular weight is 165 g/mol. The summed E-state index contributed by atoms with van der Waals surface area (Å²) in [7, 11) is 0. The van der Waals surface area contributed by atoms with Gasteiger partial charge in [-0.15, -0.1) is 0 Å². The fraction of sp³-hybridized carbons (Fsp3) is 0.250. The molecule has 1 aromatic rings. The van der Waals surface area contributed by atoms with Crippen molar-refractivity contribution in [1.82, 2.24) is 10.3 Å². The molecule has 0 spiro atoms. The van der Waals surface area contributed by atoms with Gasteiger partial charge in [-0.3, -0.25) is 4.98 Å². The number of rotatable bonds is 4. The predicted molar refractivity (Wildman–Crippen MR) is 48.6 cm³/mol. The summed E-state index contributed by atoms with van der Waals surface area (Å²) < 4.78 is 0. The van der Waals surface area contributed by atoms with Crippen molar-refractivity contribution in [2.75, 3.05) is 6.54 Å². The van der Waals surface area contributed by atoms with Gasteiger partial charge in [0.25, 0.3) is 0 Å². The molecular weight excluding hydrogens is 156 g/mol. The van der Waals surface area contributed by atoms with Crippen molar-refractivity contribution in [2.24, 2.45) is 0 Å². The van der Waals surface area contributed by atoms with Crippen molar-refractivity contribution in [3.8, 4) is 0 Å². The van der Waals surface area contributed by atoms with Crippen LogP contribution in [0.1, 0.15) is 5.69 Å². The maximum atomic E-state index is 4.63. The Morgan fingerprint density at radius 2 is 2.45 bits per heavy atom. The standard InChI is InChI=1S/C8H9N2S/c11-6-5-9-7-8-3-1-2-4-10-8/h1-4,6H,5,7H2. The Kier molecular flexibility index (Phi) is 3.72. The summed E-state index contributed by atoms with van der Waals surface area (Å²) in [4.78, 5) is 4.11. The van der Waals surface area contributed by atoms with E-state index in [2.05, 4.69) is 22.5 Å². The van der Waals surface area contributed by atoms with Gasteiger partial charge >= 0.3 is 0 Å². The zero-order chi connectivity index (χ0) is 7.94. The monoisotopic (exact) mass is 165 g/mol. The Morgan fingerprint density at radius 1 is 1.55 bits per heavy atom. The minimum Gasteiger partial charge on any atom is -0.260 e. The summed E-state index contributed by atoms with van der Waals surface area (Å²) in [6.07, 6.45) is 1.77. The van der Waals surface area contributed by atoms with Crippen molar-refractivity contribution < 1.29 is 0 Å². The molecule has 0 aliphatic heterocycles. The molecule has 3 heteroatoms. The molecule has 0 atom stereocenters. The van der Waals surface area contributed by atoms with Crippen LogP contribution >= 0.6 is 12.2 Å². The lowest BCUT2D eigenvalue weighted by Gasteiger charge is -1.96. The van der Waals surface area contributed by atoms with Gasteiger partial charge in [-0.25, -0.2) is 5.32 Å². The molecule has 0 N–H and O–H groups in total. The minimum absolute atomic E-state index is 0.631. The number of thiocarbonyl (C=S) groups is 1. The molecule has 0 aliphatic rings. The molecule has 0 fully saturated rings. The highest BCUT2D eigenvalue weighted by molar-refractivity contribution is 7.79. The molecule has 11 heavy (non-hydrogen) atoms. The van der Waals surface area contributed by atoms with Crippen LogP contribution < -0.4 is 5.32 Å². The van der Waals surface area contributed by atoms with Crippen LogP contribution in [-0.2, 0) is 6.54 Å². The first-order valence-electron chi connectivity index (χ1n) is 3.40. The van der Waals surface area contributed by atoms with E-state index < -0.39 is 0 Å². The van der Waals surface area contributed by atoms with E-state index in [1.807, 2.05) is 18.2 Å². The number of pyridine rings is 1. The molecule has 0 unspecified atom stereocenters. The van der Waals surface area contributed by atoms with E-state index in [0.717, 1.165) is 5.69 Å². The van der Waals surface area contributed by atoms with Crippen molar-refractivity contribution in [3.63, 3.8) is 0 Å². The van der Waals surface area contributed by atoms with Crippen LogP contribution in [0.2, 0.25) is 0 Å². The zero-order valence-corrected chi connectivity index (χ0v) is 6.92. The SMILES string of the molecule is S=CC[N]Cc1ccccn1. The van der Waals surface area contributed by atoms with Crippen molar-refractivity contribution in [2.45, 2.75) is 6.54 Å². The third kappa shape index (κ3) is 3.20. The van der Waals surface area contributed by atoms with Crippen LogP contribution in [0.15, 0.2) is 24.4 Å². The predicted octanol–water partition coefficient (Wildman–Crippen LogP) is 1.19. The molecule has 0 bridgehead atoms. The van der Waals surface area contributed by atoms with E-state index in [1.54, 1.807) is 11.6 Å². The third-order valence-corrected chi connectivity index (χ3v) is 1.35. The van der Waals surface area contributed by atoms with Gasteiger partial charge in [0, 0.05) is 12.7 Å². The number of hydrogen-bond acceptors (Lipinski definition) is 2. The quantitative estimate of drug-likeness (QED) is 0.495. The van der Waals surface area contributed by atoms with E-state index >= 15 is 0 Å². The van der Waals surface area contributed by atoms with E-state index in [1.165, 1.54) is 0 Å². The molecule has 0 aliphatic carbocycles. The van der Waals surface area contributed by atoms with Crippen molar-refractivity contribution >= 4 is 17.6 Å². The van der Waals surface area contributed by atoms with E-state index in [0.29, 0.717) is 13.1 Å². The highest BCUT2D eigenvalue weighted by Gasteiger charge is 1.89. The molecule has 0 amide bonds. The van der Waals surface area contributed by atoms with Gasteiger partial charge in [0.05, 0.1) is 12.2 Å². The topological polar surface area (TPSA) is 27.0 Å². The summed E-state index contributed by atoms with van der Waals surface area (Å²) in [5.74, 6) is 0. The summed E-state index contributed by atoms with van der Waals surface area (Å²) >= 11 is 4.63. The van der Waals surface area contributed by atoms with Gasteiger partial charge in [-0.2, -0.15) is 0 Å². The molecule has 0 aromatic carbocycles. The maximum absolute atomic E-state index is 4.63. The molecule has 1 rings (SSSR count). The normalized spacial score (nSPS) is 9.45. The molecule has 2 nitrogen and oxygen atoms in total. The van der Waals surface area contributed by atoms with E-state index in [9.17, 15) is 0 Å². The average Bonchev–Trinajstić information content (AvgIpc) is 2.07. The van der Waals surface area contributed by atoms with Crippen LogP contribution in [0.5, 0.6) is 0 Å². The lowest BCUT2D eigenvalue weighted by Crippen LogP contribution is -2.07. The van der Waals surface area contributed by atoms with Crippen molar-refractivity contribution in [3.05, 3.63) is 30.1 Å². The Bertz CT molecular complexity index is 211. The van der Waals surface area contributed by atoms with Crippen LogP contribution in [0.25, 0.3) is 0 Å². The fourth-order valence-corrected chi connectivity index (χ4v) is 0.829. The summed E-state index contributed by atoms with van der Waals surface area (Å²) in [5, 5.41) is 5.75. The van der Waals surface area contributed by atoms with Crippen LogP contribution in [-0.4, -0.2) is 16.9 Å². The molecule has 0 saturated carbocycles. The third-order valence-electron chi connectivity index (χ3n) is 1.20. The van der Waals surface area contributed by atoms with Gasteiger partial charge in [-0.1, -0.05) is 18.3 Å². The largest absolute Gasteiger partial charge is 0.260 e. The highest BCUT2D eigenvalue weighted by Crippen LogP contribution is 1.91. The van der Waals surface area contributed by atoms with Crippen LogP contribution in [0, 0.1) is 0 Å². The Balaban J connectivity index is 2.33. The first-order valence-corrected chi connectivity index (χ1v) is 3.87. The van der Waals surface area contributed by atoms with Gasteiger partial charge in [0.2, 0.25) is 0 Å². The first kappa shape index (κ1) is 8.30. The Morgan fingerprint density at radius 3 is 3.09 bits per heavy atom. The molecule has 0 saturated heterocycles. The summed E-state index contributed by atoms with van der Waals surface area (Å²) in [6.45, 7) is 1.29. The molecular formula is C8H9N2S. The molecule has 1 aromatic heterocycles. The lowest BCUT2D eigenvalue weighted by atomic mass is 10.3. The van der Waals surface area contributed by atoms with Gasteiger partial charge in [0.1, 0.15) is 0 Å². The van der Waals surface area contributed by atoms with Crippen LogP contribution in [0.3, 0.4) is 0 Å².